The standard InChI is InChI=1S/C48H70N2O7/c1-4-6-7-17-39(52)28-25-38-24-23-37-15-9-8-14-36(37)16-12-19-44(47(3,57)32-35-21-26-40(53)27-22-35)50-43(42(38)31-41(54)34-51)18-13-20-45(49-5-2)48(33-46(55)56)29-10-11-30-48/h8-9,14-15,21-22,25-28,39,41,43-45,49-54,57H,4-7,10-11,13,17-20,23-24,29-34H2,1-3H3,(H,55,56). The number of benzene rings is 2. The first-order valence-electron chi connectivity index (χ1n) is 21.5. The summed E-state index contributed by atoms with van der Waals surface area (Å²) in [5.74, 6) is 6.18. The Balaban J connectivity index is 1.83. The molecule has 4 rings (SSSR count). The molecule has 2 aromatic carbocycles. The molecule has 2 aromatic rings. The number of aliphatic hydroxyl groups is 4. The summed E-state index contributed by atoms with van der Waals surface area (Å²) in [6.45, 7) is 6.34. The molecule has 314 valence electrons. The van der Waals surface area contributed by atoms with Crippen LogP contribution in [0.1, 0.15) is 134 Å². The lowest BCUT2D eigenvalue weighted by Gasteiger charge is -2.39. The number of aryl methyl sites for hydroxylation is 1. The monoisotopic (exact) mass is 787 g/mol. The van der Waals surface area contributed by atoms with E-state index in [4.69, 9.17) is 0 Å². The van der Waals surface area contributed by atoms with Crippen molar-refractivity contribution in [1.82, 2.24) is 10.6 Å². The Bertz CT molecular complexity index is 1650. The van der Waals surface area contributed by atoms with Gasteiger partial charge in [0.2, 0.25) is 0 Å². The fraction of sp³-hybridized carbons (Fsp3) is 0.604. The smallest absolute Gasteiger partial charge is 0.303 e. The van der Waals surface area contributed by atoms with E-state index in [0.717, 1.165) is 92.2 Å². The number of rotatable bonds is 21. The number of aromatic hydroxyl groups is 1. The van der Waals surface area contributed by atoms with Crippen molar-refractivity contribution in [2.45, 2.75) is 166 Å². The van der Waals surface area contributed by atoms with Crippen LogP contribution in [-0.4, -0.2) is 85.7 Å². The van der Waals surface area contributed by atoms with Crippen LogP contribution in [0, 0.1) is 17.3 Å². The van der Waals surface area contributed by atoms with E-state index >= 15 is 0 Å². The largest absolute Gasteiger partial charge is 0.508 e. The molecule has 2 aliphatic rings. The van der Waals surface area contributed by atoms with E-state index in [-0.39, 0.29) is 36.1 Å². The zero-order valence-corrected chi connectivity index (χ0v) is 34.7. The average molecular weight is 787 g/mol. The number of phenols is 1. The summed E-state index contributed by atoms with van der Waals surface area (Å²) in [6, 6.07) is 14.1. The van der Waals surface area contributed by atoms with E-state index in [9.17, 15) is 35.4 Å². The van der Waals surface area contributed by atoms with E-state index in [1.165, 1.54) is 0 Å². The number of allylic oxidation sites excluding steroid dienone is 2. The molecule has 1 aliphatic carbocycles. The third-order valence-corrected chi connectivity index (χ3v) is 12.3. The van der Waals surface area contributed by atoms with Crippen LogP contribution in [0.4, 0.5) is 0 Å². The summed E-state index contributed by atoms with van der Waals surface area (Å²) >= 11 is 0. The van der Waals surface area contributed by atoms with Gasteiger partial charge in [0, 0.05) is 36.5 Å². The van der Waals surface area contributed by atoms with Crippen molar-refractivity contribution in [2.24, 2.45) is 5.41 Å². The van der Waals surface area contributed by atoms with Crippen molar-refractivity contribution < 1.29 is 35.4 Å². The van der Waals surface area contributed by atoms with Gasteiger partial charge in [0.05, 0.1) is 30.8 Å². The summed E-state index contributed by atoms with van der Waals surface area (Å²) < 4.78 is 0. The molecule has 0 amide bonds. The molecule has 0 radical (unpaired) electrons. The number of carboxylic acid groups (broad SMARTS) is 1. The second-order valence-corrected chi connectivity index (χ2v) is 16.8. The predicted molar refractivity (Wildman–Crippen MR) is 228 cm³/mol. The lowest BCUT2D eigenvalue weighted by Crippen LogP contribution is -2.54. The number of hydrogen-bond donors (Lipinski definition) is 8. The summed E-state index contributed by atoms with van der Waals surface area (Å²) in [7, 11) is 0. The molecule has 1 heterocycles. The number of carbonyl (C=O) groups is 1. The van der Waals surface area contributed by atoms with E-state index in [0.29, 0.717) is 38.5 Å². The number of phenolic OH excluding ortho intramolecular Hbond substituents is 1. The lowest BCUT2D eigenvalue weighted by molar-refractivity contribution is -0.140. The molecule has 0 spiro atoms. The Morgan fingerprint density at radius 3 is 2.46 bits per heavy atom. The maximum atomic E-state index is 12.4. The first kappa shape index (κ1) is 46.2. The molecule has 6 atom stereocenters. The minimum Gasteiger partial charge on any atom is -0.508 e. The molecule has 57 heavy (non-hydrogen) atoms. The number of hydrogen-bond acceptors (Lipinski definition) is 8. The van der Waals surface area contributed by atoms with Crippen molar-refractivity contribution in [3.8, 4) is 17.6 Å². The molecule has 6 unspecified atom stereocenters. The second kappa shape index (κ2) is 23.2. The van der Waals surface area contributed by atoms with E-state index < -0.39 is 36.4 Å². The van der Waals surface area contributed by atoms with E-state index in [1.807, 2.05) is 49.4 Å². The molecule has 1 saturated carbocycles. The molecular formula is C48H70N2O7. The Morgan fingerprint density at radius 2 is 1.77 bits per heavy atom. The Labute approximate surface area is 341 Å². The highest BCUT2D eigenvalue weighted by Gasteiger charge is 2.42. The van der Waals surface area contributed by atoms with Crippen LogP contribution in [0.3, 0.4) is 0 Å². The summed E-state index contributed by atoms with van der Waals surface area (Å²) in [5, 5.41) is 72.3. The number of carboxylic acids is 1. The number of unbranched alkanes of at least 4 members (excludes halogenated alkanes) is 2. The zero-order valence-electron chi connectivity index (χ0n) is 34.7. The normalized spacial score (nSPS) is 21.4. The lowest BCUT2D eigenvalue weighted by atomic mass is 9.73. The maximum Gasteiger partial charge on any atom is 0.303 e. The van der Waals surface area contributed by atoms with Gasteiger partial charge in [-0.05, 0) is 111 Å². The number of fused-ring (bicyclic) bond motifs is 1. The van der Waals surface area contributed by atoms with Crippen molar-refractivity contribution in [3.05, 3.63) is 88.5 Å². The number of aliphatic hydroxyl groups excluding tert-OH is 3. The van der Waals surface area contributed by atoms with Crippen LogP contribution in [0.15, 0.2) is 71.8 Å². The Hall–Kier alpha value is -3.49. The number of aliphatic carboxylic acids is 1. The minimum absolute atomic E-state index is 0.0243. The van der Waals surface area contributed by atoms with Gasteiger partial charge in [-0.15, -0.1) is 0 Å². The second-order valence-electron chi connectivity index (χ2n) is 16.8. The Morgan fingerprint density at radius 1 is 1.04 bits per heavy atom. The average Bonchev–Trinajstić information content (AvgIpc) is 3.65. The maximum absolute atomic E-state index is 12.4. The summed E-state index contributed by atoms with van der Waals surface area (Å²) in [6.07, 6.45) is 14.1. The van der Waals surface area contributed by atoms with Crippen LogP contribution >= 0.6 is 0 Å². The zero-order chi connectivity index (χ0) is 41.3. The highest BCUT2D eigenvalue weighted by atomic mass is 16.4. The first-order chi connectivity index (χ1) is 27.4. The summed E-state index contributed by atoms with van der Waals surface area (Å²) in [4.78, 5) is 12.2. The van der Waals surface area contributed by atoms with Gasteiger partial charge in [-0.3, -0.25) is 4.79 Å². The van der Waals surface area contributed by atoms with Gasteiger partial charge in [-0.25, -0.2) is 0 Å². The third-order valence-electron chi connectivity index (χ3n) is 12.3. The molecule has 8 N–H and O–H groups in total. The van der Waals surface area contributed by atoms with Crippen LogP contribution < -0.4 is 10.6 Å². The molecule has 0 saturated heterocycles. The van der Waals surface area contributed by atoms with E-state index in [1.54, 1.807) is 12.1 Å². The minimum atomic E-state index is -1.29. The van der Waals surface area contributed by atoms with Crippen molar-refractivity contribution in [2.75, 3.05) is 13.2 Å². The molecule has 1 aliphatic heterocycles. The van der Waals surface area contributed by atoms with Crippen molar-refractivity contribution >= 4 is 5.97 Å². The molecule has 9 nitrogen and oxygen atoms in total. The van der Waals surface area contributed by atoms with Crippen molar-refractivity contribution in [1.29, 1.82) is 0 Å². The predicted octanol–water partition coefficient (Wildman–Crippen LogP) is 7.12. The topological polar surface area (TPSA) is 163 Å². The quantitative estimate of drug-likeness (QED) is 0.0487. The fourth-order valence-corrected chi connectivity index (χ4v) is 9.11. The molecule has 9 heteroatoms. The highest BCUT2D eigenvalue weighted by Crippen LogP contribution is 2.45. The van der Waals surface area contributed by atoms with E-state index in [2.05, 4.69) is 42.4 Å². The highest BCUT2D eigenvalue weighted by molar-refractivity contribution is 5.68. The Kier molecular flexibility index (Phi) is 18.8. The van der Waals surface area contributed by atoms with Gasteiger partial charge in [-0.2, -0.15) is 0 Å². The third kappa shape index (κ3) is 14.4. The number of nitrogens with one attached hydrogen (secondary N) is 2. The molecule has 1 fully saturated rings. The fourth-order valence-electron chi connectivity index (χ4n) is 9.11. The van der Waals surface area contributed by atoms with Gasteiger partial charge in [0.1, 0.15) is 5.75 Å². The van der Waals surface area contributed by atoms with Gasteiger partial charge in [0.15, 0.2) is 0 Å². The molecule has 0 aromatic heterocycles. The van der Waals surface area contributed by atoms with Crippen LogP contribution in [0.5, 0.6) is 5.75 Å². The van der Waals surface area contributed by atoms with Crippen molar-refractivity contribution in [3.63, 3.8) is 0 Å². The van der Waals surface area contributed by atoms with Crippen LogP contribution in [0.25, 0.3) is 0 Å². The SMILES string of the molecule is CCCCCC(O)C=CC1=C(CC(O)CO)C(CCCC(NCC)C2(CC(=O)O)CCCC2)NC(C(C)(O)Cc2ccc(O)cc2)CC#Cc2ccccc2CC1. The van der Waals surface area contributed by atoms with Gasteiger partial charge >= 0.3 is 5.97 Å². The van der Waals surface area contributed by atoms with Gasteiger partial charge in [0.25, 0.3) is 0 Å². The van der Waals surface area contributed by atoms with Crippen LogP contribution in [0.2, 0.25) is 0 Å². The van der Waals surface area contributed by atoms with Gasteiger partial charge < -0.3 is 41.3 Å². The van der Waals surface area contributed by atoms with Crippen LogP contribution in [-0.2, 0) is 17.6 Å². The molecule has 0 bridgehead atoms. The molecular weight excluding hydrogens is 717 g/mol. The first-order valence-corrected chi connectivity index (χ1v) is 21.5. The summed E-state index contributed by atoms with van der Waals surface area (Å²) in [5.41, 5.74) is 3.16. The van der Waals surface area contributed by atoms with Gasteiger partial charge in [-0.1, -0.05) is 107 Å².